The van der Waals surface area contributed by atoms with E-state index >= 15 is 0 Å². The Bertz CT molecular complexity index is 1010. The van der Waals surface area contributed by atoms with Crippen molar-refractivity contribution in [3.05, 3.63) is 108 Å². The molecule has 3 aromatic carbocycles. The van der Waals surface area contributed by atoms with E-state index in [1.807, 2.05) is 54.6 Å². The molecule has 4 rings (SSSR count). The number of hydrogen-bond donors (Lipinski definition) is 2. The maximum absolute atomic E-state index is 13.9. The van der Waals surface area contributed by atoms with E-state index in [1.54, 1.807) is 0 Å². The van der Waals surface area contributed by atoms with Crippen molar-refractivity contribution in [2.75, 3.05) is 19.6 Å². The summed E-state index contributed by atoms with van der Waals surface area (Å²) >= 11 is 0. The van der Waals surface area contributed by atoms with Crippen LogP contribution in [0, 0.1) is 5.41 Å². The Hall–Kier alpha value is -3.24. The summed E-state index contributed by atoms with van der Waals surface area (Å²) in [6.07, 6.45) is 2.87. The molecule has 4 nitrogen and oxygen atoms in total. The molecule has 4 heteroatoms. The average Bonchev–Trinajstić information content (AvgIpc) is 2.89. The molecule has 2 N–H and O–H groups in total. The average molecular weight is 455 g/mol. The van der Waals surface area contributed by atoms with Crippen molar-refractivity contribution in [3.8, 4) is 0 Å². The van der Waals surface area contributed by atoms with Gasteiger partial charge in [-0.3, -0.25) is 9.59 Å². The Morgan fingerprint density at radius 2 is 1.32 bits per heavy atom. The Balaban J connectivity index is 1.47. The Morgan fingerprint density at radius 1 is 0.794 bits per heavy atom. The molecule has 1 heterocycles. The van der Waals surface area contributed by atoms with Crippen LogP contribution in [0.15, 0.2) is 91.0 Å². The number of carbonyl (C=O) groups excluding carboxylic acids is 2. The summed E-state index contributed by atoms with van der Waals surface area (Å²) < 4.78 is 0. The van der Waals surface area contributed by atoms with Crippen LogP contribution < -0.4 is 10.6 Å². The maximum atomic E-state index is 13.9. The van der Waals surface area contributed by atoms with E-state index in [-0.39, 0.29) is 24.0 Å². The molecule has 1 amide bonds. The smallest absolute Gasteiger partial charge is 0.221 e. The van der Waals surface area contributed by atoms with Gasteiger partial charge < -0.3 is 10.6 Å². The molecular formula is C30H34N2O2. The SMILES string of the molecule is O=C(CC1(C(=O)CC(c2ccccc2)c2ccccc2)CCNCC1)NCCc1ccccc1. The minimum Gasteiger partial charge on any atom is -0.356 e. The van der Waals surface area contributed by atoms with Gasteiger partial charge in [0.05, 0.1) is 0 Å². The van der Waals surface area contributed by atoms with Gasteiger partial charge in [-0.1, -0.05) is 91.0 Å². The number of rotatable bonds is 10. The van der Waals surface area contributed by atoms with Gasteiger partial charge in [0.25, 0.3) is 0 Å². The van der Waals surface area contributed by atoms with Crippen molar-refractivity contribution < 1.29 is 9.59 Å². The number of nitrogens with one attached hydrogen (secondary N) is 2. The van der Waals surface area contributed by atoms with Crippen molar-refractivity contribution in [1.82, 2.24) is 10.6 Å². The number of carbonyl (C=O) groups is 2. The topological polar surface area (TPSA) is 58.2 Å². The lowest BCUT2D eigenvalue weighted by Gasteiger charge is -2.37. The summed E-state index contributed by atoms with van der Waals surface area (Å²) in [5.41, 5.74) is 2.87. The fourth-order valence-corrected chi connectivity index (χ4v) is 5.02. The van der Waals surface area contributed by atoms with E-state index in [0.717, 1.165) is 30.6 Å². The van der Waals surface area contributed by atoms with Crippen molar-refractivity contribution in [3.63, 3.8) is 0 Å². The molecule has 1 fully saturated rings. The lowest BCUT2D eigenvalue weighted by molar-refractivity contribution is -0.136. The minimum atomic E-state index is -0.607. The highest BCUT2D eigenvalue weighted by Gasteiger charge is 2.41. The van der Waals surface area contributed by atoms with Gasteiger partial charge in [-0.05, 0) is 49.0 Å². The summed E-state index contributed by atoms with van der Waals surface area (Å²) in [5.74, 6) is 0.162. The molecule has 1 aliphatic rings. The molecule has 34 heavy (non-hydrogen) atoms. The predicted molar refractivity (Wildman–Crippen MR) is 137 cm³/mol. The van der Waals surface area contributed by atoms with Crippen LogP contribution in [0.2, 0.25) is 0 Å². The molecule has 0 radical (unpaired) electrons. The highest BCUT2D eigenvalue weighted by molar-refractivity contribution is 5.91. The molecule has 1 aliphatic heterocycles. The second-order valence-corrected chi connectivity index (χ2v) is 9.29. The summed E-state index contributed by atoms with van der Waals surface area (Å²) in [4.78, 5) is 26.9. The van der Waals surface area contributed by atoms with Crippen LogP contribution >= 0.6 is 0 Å². The number of ketones is 1. The van der Waals surface area contributed by atoms with Crippen LogP contribution in [0.5, 0.6) is 0 Å². The molecule has 0 bridgehead atoms. The third-order valence-corrected chi connectivity index (χ3v) is 7.02. The fourth-order valence-electron chi connectivity index (χ4n) is 5.02. The summed E-state index contributed by atoms with van der Waals surface area (Å²) in [6.45, 7) is 2.12. The Morgan fingerprint density at radius 3 is 1.88 bits per heavy atom. The molecule has 0 atom stereocenters. The second-order valence-electron chi connectivity index (χ2n) is 9.29. The van der Waals surface area contributed by atoms with Gasteiger partial charge in [-0.25, -0.2) is 0 Å². The predicted octanol–water partition coefficient (Wildman–Crippen LogP) is 4.90. The number of amides is 1. The molecule has 0 saturated carbocycles. The molecule has 1 saturated heterocycles. The quantitative estimate of drug-likeness (QED) is 0.458. The van der Waals surface area contributed by atoms with Crippen molar-refractivity contribution in [2.24, 2.45) is 5.41 Å². The van der Waals surface area contributed by atoms with Crippen molar-refractivity contribution in [1.29, 1.82) is 0 Å². The normalized spacial score (nSPS) is 15.1. The first-order chi connectivity index (χ1) is 16.7. The van der Waals surface area contributed by atoms with Gasteiger partial charge in [-0.2, -0.15) is 0 Å². The summed E-state index contributed by atoms with van der Waals surface area (Å²) in [7, 11) is 0. The first kappa shape index (κ1) is 23.9. The zero-order chi connectivity index (χ0) is 23.6. The fraction of sp³-hybridized carbons (Fsp3) is 0.333. The Labute approximate surface area is 202 Å². The lowest BCUT2D eigenvalue weighted by atomic mass is 9.69. The van der Waals surface area contributed by atoms with Crippen LogP contribution in [0.1, 0.15) is 48.3 Å². The maximum Gasteiger partial charge on any atom is 0.221 e. The summed E-state index contributed by atoms with van der Waals surface area (Å²) in [6, 6.07) is 30.6. The molecule has 0 unspecified atom stereocenters. The van der Waals surface area contributed by atoms with E-state index in [2.05, 4.69) is 47.0 Å². The molecule has 0 spiro atoms. The highest BCUT2D eigenvalue weighted by atomic mass is 16.2. The van der Waals surface area contributed by atoms with E-state index in [1.165, 1.54) is 5.56 Å². The highest BCUT2D eigenvalue weighted by Crippen LogP contribution is 2.39. The number of piperidine rings is 1. The largest absolute Gasteiger partial charge is 0.356 e. The van der Waals surface area contributed by atoms with Crippen LogP contribution in [0.3, 0.4) is 0 Å². The van der Waals surface area contributed by atoms with E-state index in [9.17, 15) is 9.59 Å². The molecule has 0 aliphatic carbocycles. The zero-order valence-corrected chi connectivity index (χ0v) is 19.7. The second kappa shape index (κ2) is 11.8. The van der Waals surface area contributed by atoms with Gasteiger partial charge in [0.2, 0.25) is 5.91 Å². The van der Waals surface area contributed by atoms with Crippen LogP contribution in [0.25, 0.3) is 0 Å². The standard InChI is InChI=1S/C30H34N2O2/c33-28(22-27(25-12-6-2-7-13-25)26-14-8-3-9-15-26)30(17-20-31-21-18-30)23-29(34)32-19-16-24-10-4-1-5-11-24/h1-15,27,31H,16-23H2,(H,32,34). The van der Waals surface area contributed by atoms with E-state index < -0.39 is 5.41 Å². The van der Waals surface area contributed by atoms with Crippen molar-refractivity contribution >= 4 is 11.7 Å². The monoisotopic (exact) mass is 454 g/mol. The van der Waals surface area contributed by atoms with Crippen molar-refractivity contribution in [2.45, 2.75) is 38.0 Å². The lowest BCUT2D eigenvalue weighted by Crippen LogP contribution is -2.45. The minimum absolute atomic E-state index is 0.0113. The molecular weight excluding hydrogens is 420 g/mol. The molecule has 176 valence electrons. The van der Waals surface area contributed by atoms with Gasteiger partial charge in [-0.15, -0.1) is 0 Å². The number of Topliss-reactive ketones (excluding diaryl/α,β-unsaturated/α-hetero) is 1. The molecule has 0 aromatic heterocycles. The first-order valence-corrected chi connectivity index (χ1v) is 12.3. The van der Waals surface area contributed by atoms with Crippen LogP contribution in [-0.4, -0.2) is 31.3 Å². The van der Waals surface area contributed by atoms with Gasteiger partial charge in [0, 0.05) is 30.7 Å². The van der Waals surface area contributed by atoms with E-state index in [0.29, 0.717) is 25.8 Å². The summed E-state index contributed by atoms with van der Waals surface area (Å²) in [5, 5.41) is 6.43. The number of hydrogen-bond acceptors (Lipinski definition) is 3. The van der Waals surface area contributed by atoms with Gasteiger partial charge >= 0.3 is 0 Å². The van der Waals surface area contributed by atoms with Gasteiger partial charge in [0.1, 0.15) is 5.78 Å². The van der Waals surface area contributed by atoms with E-state index in [4.69, 9.17) is 0 Å². The Kier molecular flexibility index (Phi) is 8.26. The first-order valence-electron chi connectivity index (χ1n) is 12.3. The van der Waals surface area contributed by atoms with Gasteiger partial charge in [0.15, 0.2) is 0 Å². The third kappa shape index (κ3) is 6.21. The number of benzene rings is 3. The third-order valence-electron chi connectivity index (χ3n) is 7.02. The molecule has 3 aromatic rings. The van der Waals surface area contributed by atoms with Crippen LogP contribution in [-0.2, 0) is 16.0 Å². The zero-order valence-electron chi connectivity index (χ0n) is 19.7. The van der Waals surface area contributed by atoms with Crippen LogP contribution in [0.4, 0.5) is 0 Å².